The van der Waals surface area contributed by atoms with E-state index in [9.17, 15) is 18.5 Å². The summed E-state index contributed by atoms with van der Waals surface area (Å²) in [6, 6.07) is 14.5. The molecule has 1 aliphatic rings. The van der Waals surface area contributed by atoms with E-state index in [2.05, 4.69) is 16.2 Å². The van der Waals surface area contributed by atoms with Crippen molar-refractivity contribution in [1.29, 1.82) is 5.26 Å². The number of rotatable bonds is 6. The van der Waals surface area contributed by atoms with Crippen molar-refractivity contribution in [3.63, 3.8) is 0 Å². The SMILES string of the molecule is Cc1nn(-c2ccccc2)c(COC(=O)C2CCN(S(=O)(=O)c3cccnc3)CC2)c1C#N. The monoisotopic (exact) mass is 465 g/mol. The number of nitriles is 1. The summed E-state index contributed by atoms with van der Waals surface area (Å²) >= 11 is 0. The Labute approximate surface area is 192 Å². The van der Waals surface area contributed by atoms with E-state index < -0.39 is 21.9 Å². The summed E-state index contributed by atoms with van der Waals surface area (Å²) in [5.74, 6) is -0.819. The molecule has 3 aromatic rings. The minimum atomic E-state index is -3.64. The van der Waals surface area contributed by atoms with Crippen LogP contribution in [0, 0.1) is 24.2 Å². The normalized spacial score (nSPS) is 15.2. The first kappa shape index (κ1) is 22.6. The van der Waals surface area contributed by atoms with Crippen molar-refractivity contribution in [3.05, 3.63) is 71.8 Å². The van der Waals surface area contributed by atoms with Crippen LogP contribution in [0.1, 0.15) is 29.8 Å². The van der Waals surface area contributed by atoms with Crippen molar-refractivity contribution in [1.82, 2.24) is 19.1 Å². The molecule has 0 bridgehead atoms. The third-order valence-electron chi connectivity index (χ3n) is 5.68. The van der Waals surface area contributed by atoms with Crippen molar-refractivity contribution in [3.8, 4) is 11.8 Å². The average Bonchev–Trinajstić information content (AvgIpc) is 3.18. The van der Waals surface area contributed by atoms with Gasteiger partial charge in [-0.2, -0.15) is 14.7 Å². The number of ether oxygens (including phenoxy) is 1. The molecule has 1 saturated heterocycles. The molecule has 0 aliphatic carbocycles. The van der Waals surface area contributed by atoms with E-state index in [0.717, 1.165) is 5.69 Å². The van der Waals surface area contributed by atoms with E-state index in [0.29, 0.717) is 29.8 Å². The van der Waals surface area contributed by atoms with Gasteiger partial charge < -0.3 is 4.74 Å². The fourth-order valence-corrected chi connectivity index (χ4v) is 5.31. The van der Waals surface area contributed by atoms with E-state index in [4.69, 9.17) is 4.74 Å². The average molecular weight is 466 g/mol. The van der Waals surface area contributed by atoms with Crippen molar-refractivity contribution in [2.45, 2.75) is 31.3 Å². The molecule has 0 atom stereocenters. The van der Waals surface area contributed by atoms with Gasteiger partial charge in [-0.1, -0.05) is 18.2 Å². The van der Waals surface area contributed by atoms with E-state index in [1.54, 1.807) is 17.7 Å². The minimum absolute atomic E-state index is 0.0916. The summed E-state index contributed by atoms with van der Waals surface area (Å²) in [6.07, 6.45) is 3.56. The highest BCUT2D eigenvalue weighted by Crippen LogP contribution is 2.25. The molecule has 33 heavy (non-hydrogen) atoms. The van der Waals surface area contributed by atoms with E-state index in [1.165, 1.54) is 22.8 Å². The highest BCUT2D eigenvalue weighted by atomic mass is 32.2. The molecule has 9 nitrogen and oxygen atoms in total. The molecule has 0 spiro atoms. The van der Waals surface area contributed by atoms with Gasteiger partial charge in [0.05, 0.1) is 23.0 Å². The van der Waals surface area contributed by atoms with Gasteiger partial charge in [0, 0.05) is 25.5 Å². The van der Waals surface area contributed by atoms with Gasteiger partial charge in [-0.3, -0.25) is 9.78 Å². The molecule has 1 fully saturated rings. The molecule has 0 radical (unpaired) electrons. The molecule has 4 rings (SSSR count). The summed E-state index contributed by atoms with van der Waals surface area (Å²) in [5.41, 5.74) is 2.21. The predicted octanol–water partition coefficient (Wildman–Crippen LogP) is 2.59. The van der Waals surface area contributed by atoms with Crippen LogP contribution in [-0.4, -0.2) is 46.5 Å². The Hall–Kier alpha value is -3.55. The number of sulfonamides is 1. The fourth-order valence-electron chi connectivity index (χ4n) is 3.87. The van der Waals surface area contributed by atoms with Gasteiger partial charge in [-0.25, -0.2) is 13.1 Å². The van der Waals surface area contributed by atoms with Crippen LogP contribution < -0.4 is 0 Å². The lowest BCUT2D eigenvalue weighted by molar-refractivity contribution is -0.151. The van der Waals surface area contributed by atoms with Gasteiger partial charge in [0.25, 0.3) is 0 Å². The van der Waals surface area contributed by atoms with Crippen molar-refractivity contribution in [2.24, 2.45) is 5.92 Å². The summed E-state index contributed by atoms with van der Waals surface area (Å²) in [6.45, 7) is 2.09. The predicted molar refractivity (Wildman–Crippen MR) is 119 cm³/mol. The first-order valence-corrected chi connectivity index (χ1v) is 12.0. The van der Waals surface area contributed by atoms with Gasteiger partial charge in [0.2, 0.25) is 10.0 Å². The number of benzene rings is 1. The van der Waals surface area contributed by atoms with Crippen LogP contribution in [0.15, 0.2) is 59.8 Å². The fraction of sp³-hybridized carbons (Fsp3) is 0.304. The summed E-state index contributed by atoms with van der Waals surface area (Å²) in [5, 5.41) is 14.0. The maximum absolute atomic E-state index is 12.7. The number of aromatic nitrogens is 3. The maximum Gasteiger partial charge on any atom is 0.309 e. The molecule has 10 heteroatoms. The number of esters is 1. The van der Waals surface area contributed by atoms with Crippen LogP contribution >= 0.6 is 0 Å². The van der Waals surface area contributed by atoms with Crippen LogP contribution in [0.5, 0.6) is 0 Å². The zero-order valence-corrected chi connectivity index (χ0v) is 18.9. The summed E-state index contributed by atoms with van der Waals surface area (Å²) < 4.78 is 34.0. The number of pyridine rings is 1. The van der Waals surface area contributed by atoms with Crippen LogP contribution in [0.3, 0.4) is 0 Å². The molecular weight excluding hydrogens is 442 g/mol. The van der Waals surface area contributed by atoms with Crippen LogP contribution in [0.25, 0.3) is 5.69 Å². The zero-order chi connectivity index (χ0) is 23.4. The Morgan fingerprint density at radius 2 is 1.91 bits per heavy atom. The van der Waals surface area contributed by atoms with E-state index >= 15 is 0 Å². The van der Waals surface area contributed by atoms with Crippen LogP contribution in [0.4, 0.5) is 0 Å². The zero-order valence-electron chi connectivity index (χ0n) is 18.1. The Morgan fingerprint density at radius 3 is 2.55 bits per heavy atom. The second kappa shape index (κ2) is 9.52. The molecule has 2 aromatic heterocycles. The second-order valence-corrected chi connectivity index (χ2v) is 9.68. The quantitative estimate of drug-likeness (QED) is 0.513. The molecule has 1 aliphatic heterocycles. The first-order valence-electron chi connectivity index (χ1n) is 10.5. The number of para-hydroxylation sites is 1. The number of hydrogen-bond donors (Lipinski definition) is 0. The van der Waals surface area contributed by atoms with Gasteiger partial charge in [-0.05, 0) is 44.0 Å². The Morgan fingerprint density at radius 1 is 1.18 bits per heavy atom. The molecular formula is C23H23N5O4S. The summed E-state index contributed by atoms with van der Waals surface area (Å²) in [7, 11) is -3.64. The molecule has 0 N–H and O–H groups in total. The Kier molecular flexibility index (Phi) is 6.53. The third kappa shape index (κ3) is 4.65. The van der Waals surface area contributed by atoms with Gasteiger partial charge in [0.1, 0.15) is 23.1 Å². The maximum atomic E-state index is 12.7. The van der Waals surface area contributed by atoms with Crippen LogP contribution in [-0.2, 0) is 26.2 Å². The van der Waals surface area contributed by atoms with Gasteiger partial charge >= 0.3 is 5.97 Å². The second-order valence-electron chi connectivity index (χ2n) is 7.74. The molecule has 0 saturated carbocycles. The van der Waals surface area contributed by atoms with E-state index in [-0.39, 0.29) is 24.6 Å². The van der Waals surface area contributed by atoms with Crippen molar-refractivity contribution < 1.29 is 17.9 Å². The Balaban J connectivity index is 1.42. The lowest BCUT2D eigenvalue weighted by atomic mass is 9.98. The number of aryl methyl sites for hydroxylation is 1. The lowest BCUT2D eigenvalue weighted by Gasteiger charge is -2.30. The molecule has 1 aromatic carbocycles. The molecule has 3 heterocycles. The third-order valence-corrected chi connectivity index (χ3v) is 7.56. The van der Waals surface area contributed by atoms with Crippen LogP contribution in [0.2, 0.25) is 0 Å². The lowest BCUT2D eigenvalue weighted by Crippen LogP contribution is -2.40. The number of nitrogens with zero attached hydrogens (tertiary/aromatic N) is 5. The molecule has 170 valence electrons. The largest absolute Gasteiger partial charge is 0.459 e. The minimum Gasteiger partial charge on any atom is -0.459 e. The number of hydrogen-bond acceptors (Lipinski definition) is 7. The van der Waals surface area contributed by atoms with Gasteiger partial charge in [0.15, 0.2) is 0 Å². The number of carbonyl (C=O) groups excluding carboxylic acids is 1. The van der Waals surface area contributed by atoms with Crippen molar-refractivity contribution >= 4 is 16.0 Å². The molecule has 0 unspecified atom stereocenters. The number of carbonyl (C=O) groups is 1. The number of piperidine rings is 1. The topological polar surface area (TPSA) is 118 Å². The highest BCUT2D eigenvalue weighted by molar-refractivity contribution is 7.89. The standard InChI is InChI=1S/C23H23N5O4S/c1-17-21(14-24)22(28(26-17)19-6-3-2-4-7-19)16-32-23(29)18-9-12-27(13-10-18)33(30,31)20-8-5-11-25-15-20/h2-8,11,15,18H,9-10,12-13,16H2,1H3. The first-order chi connectivity index (χ1) is 15.9. The Bertz CT molecular complexity index is 1280. The molecule has 0 amide bonds. The van der Waals surface area contributed by atoms with Gasteiger partial charge in [-0.15, -0.1) is 0 Å². The summed E-state index contributed by atoms with van der Waals surface area (Å²) in [4.78, 5) is 16.8. The smallest absolute Gasteiger partial charge is 0.309 e. The van der Waals surface area contributed by atoms with E-state index in [1.807, 2.05) is 30.3 Å². The van der Waals surface area contributed by atoms with Crippen molar-refractivity contribution in [2.75, 3.05) is 13.1 Å². The highest BCUT2D eigenvalue weighted by Gasteiger charge is 2.33.